The summed E-state index contributed by atoms with van der Waals surface area (Å²) in [5.74, 6) is 1.83. The molecule has 0 saturated carbocycles. The van der Waals surface area contributed by atoms with E-state index >= 15 is 0 Å². The van der Waals surface area contributed by atoms with E-state index in [4.69, 9.17) is 15.0 Å². The van der Waals surface area contributed by atoms with E-state index < -0.39 is 0 Å². The first-order chi connectivity index (χ1) is 32.2. The lowest BCUT2D eigenvalue weighted by molar-refractivity contribution is 0.953. The first kappa shape index (κ1) is 36.2. The number of hydrogen-bond donors (Lipinski definition) is 0. The van der Waals surface area contributed by atoms with Gasteiger partial charge in [-0.05, 0) is 99.1 Å². The fourth-order valence-electron chi connectivity index (χ4n) is 10.3. The van der Waals surface area contributed by atoms with Gasteiger partial charge in [-0.3, -0.25) is 4.57 Å². The quantitative estimate of drug-likeness (QED) is 0.173. The Hall–Kier alpha value is -8.32. The lowest BCUT2D eigenvalue weighted by atomic mass is 9.93. The third-order valence-corrected chi connectivity index (χ3v) is 14.3. The second-order valence-electron chi connectivity index (χ2n) is 16.8. The van der Waals surface area contributed by atoms with E-state index in [-0.39, 0.29) is 0 Å². The molecule has 0 N–H and O–H groups in total. The zero-order valence-corrected chi connectivity index (χ0v) is 35.7. The van der Waals surface area contributed by atoms with Crippen LogP contribution in [0.15, 0.2) is 222 Å². The van der Waals surface area contributed by atoms with Crippen molar-refractivity contribution in [2.45, 2.75) is 9.79 Å². The Morgan fingerprint density at radius 2 is 0.892 bits per heavy atom. The normalized spacial score (nSPS) is 12.2. The molecule has 0 unspecified atom stereocenters. The van der Waals surface area contributed by atoms with Gasteiger partial charge >= 0.3 is 0 Å². The van der Waals surface area contributed by atoms with Crippen molar-refractivity contribution in [1.82, 2.24) is 24.1 Å². The van der Waals surface area contributed by atoms with Crippen LogP contribution in [-0.2, 0) is 0 Å². The van der Waals surface area contributed by atoms with Crippen LogP contribution in [-0.4, -0.2) is 24.1 Å². The molecule has 1 aliphatic heterocycles. The van der Waals surface area contributed by atoms with Crippen molar-refractivity contribution < 1.29 is 0 Å². The molecule has 5 nitrogen and oxygen atoms in total. The highest BCUT2D eigenvalue weighted by Gasteiger charge is 2.26. The van der Waals surface area contributed by atoms with Crippen molar-refractivity contribution in [2.75, 3.05) is 0 Å². The molecule has 0 bridgehead atoms. The van der Waals surface area contributed by atoms with E-state index in [1.54, 1.807) is 0 Å². The van der Waals surface area contributed by atoms with Crippen LogP contribution in [0.2, 0.25) is 0 Å². The Balaban J connectivity index is 1.07. The van der Waals surface area contributed by atoms with Crippen LogP contribution in [0, 0.1) is 0 Å². The molecular weight excluding hydrogens is 811 g/mol. The Morgan fingerprint density at radius 1 is 0.323 bits per heavy atom. The Morgan fingerprint density at radius 3 is 1.62 bits per heavy atom. The highest BCUT2D eigenvalue weighted by molar-refractivity contribution is 7.99. The average molecular weight is 846 g/mol. The molecule has 4 heterocycles. The number of benzene rings is 10. The van der Waals surface area contributed by atoms with Crippen LogP contribution in [0.25, 0.3) is 122 Å². The Bertz CT molecular complexity index is 4020. The second kappa shape index (κ2) is 14.1. The second-order valence-corrected chi connectivity index (χ2v) is 17.8. The molecule has 302 valence electrons. The maximum Gasteiger partial charge on any atom is 0.238 e. The summed E-state index contributed by atoms with van der Waals surface area (Å²) >= 11 is 1.85. The average Bonchev–Trinajstić information content (AvgIpc) is 3.89. The molecule has 0 atom stereocenters. The van der Waals surface area contributed by atoms with E-state index in [0.717, 1.165) is 44.4 Å². The third-order valence-electron chi connectivity index (χ3n) is 13.1. The minimum absolute atomic E-state index is 0.577. The summed E-state index contributed by atoms with van der Waals surface area (Å²) in [6.07, 6.45) is 0. The van der Waals surface area contributed by atoms with Gasteiger partial charge in [-0.25, -0.2) is 4.98 Å². The zero-order chi connectivity index (χ0) is 42.6. The molecular formula is C59H35N5S. The first-order valence-electron chi connectivity index (χ1n) is 21.9. The van der Waals surface area contributed by atoms with Gasteiger partial charge in [0.2, 0.25) is 5.95 Å². The van der Waals surface area contributed by atoms with E-state index in [2.05, 4.69) is 185 Å². The fourth-order valence-corrected chi connectivity index (χ4v) is 11.4. The predicted octanol–water partition coefficient (Wildman–Crippen LogP) is 15.5. The van der Waals surface area contributed by atoms with Gasteiger partial charge in [0, 0.05) is 53.5 Å². The van der Waals surface area contributed by atoms with Gasteiger partial charge in [0.25, 0.3) is 0 Å². The van der Waals surface area contributed by atoms with Crippen molar-refractivity contribution >= 4 is 76.9 Å². The summed E-state index contributed by atoms with van der Waals surface area (Å²) in [4.78, 5) is 18.2. The van der Waals surface area contributed by atoms with E-state index in [0.29, 0.717) is 17.6 Å². The van der Waals surface area contributed by atoms with E-state index in [9.17, 15) is 0 Å². The maximum absolute atomic E-state index is 5.31. The molecule has 14 rings (SSSR count). The summed E-state index contributed by atoms with van der Waals surface area (Å²) in [7, 11) is 0. The topological polar surface area (TPSA) is 48.5 Å². The van der Waals surface area contributed by atoms with Crippen LogP contribution in [0.3, 0.4) is 0 Å². The molecule has 0 aliphatic carbocycles. The van der Waals surface area contributed by atoms with Crippen LogP contribution in [0.5, 0.6) is 0 Å². The van der Waals surface area contributed by atoms with Gasteiger partial charge < -0.3 is 4.57 Å². The van der Waals surface area contributed by atoms with Crippen LogP contribution < -0.4 is 0 Å². The van der Waals surface area contributed by atoms with Gasteiger partial charge in [0.05, 0.1) is 22.1 Å². The monoisotopic (exact) mass is 845 g/mol. The first-order valence-corrected chi connectivity index (χ1v) is 22.8. The molecule has 1 aliphatic rings. The van der Waals surface area contributed by atoms with Crippen molar-refractivity contribution in [3.63, 3.8) is 0 Å². The largest absolute Gasteiger partial charge is 0.309 e. The maximum atomic E-state index is 5.31. The van der Waals surface area contributed by atoms with Crippen LogP contribution in [0.1, 0.15) is 0 Å². The lowest BCUT2D eigenvalue weighted by Gasteiger charge is -2.21. The van der Waals surface area contributed by atoms with Crippen molar-refractivity contribution in [1.29, 1.82) is 0 Å². The van der Waals surface area contributed by atoms with E-state index in [1.807, 2.05) is 48.2 Å². The van der Waals surface area contributed by atoms with Gasteiger partial charge in [0.1, 0.15) is 0 Å². The molecule has 0 radical (unpaired) electrons. The molecule has 0 spiro atoms. The van der Waals surface area contributed by atoms with Crippen LogP contribution >= 0.6 is 11.8 Å². The zero-order valence-electron chi connectivity index (χ0n) is 34.9. The summed E-state index contributed by atoms with van der Waals surface area (Å²) in [5, 5.41) is 9.79. The SMILES string of the molecule is c1ccc(-c2nc(-c3ccccc3)nc(-n3c4ccc(-c5ccc6c(c5)c5c7ccccc7ccc5n6-c5ccccc5)cc4c4c5cccc6c5c(cc43)-c3ccccc3S6)n2)cc1. The molecule has 65 heavy (non-hydrogen) atoms. The third kappa shape index (κ3) is 5.51. The molecule has 3 aromatic heterocycles. The van der Waals surface area contributed by atoms with E-state index in [1.165, 1.54) is 69.7 Å². The molecule has 6 heteroatoms. The summed E-state index contributed by atoms with van der Waals surface area (Å²) in [6.45, 7) is 0. The molecule has 13 aromatic rings. The van der Waals surface area contributed by atoms with Gasteiger partial charge in [-0.1, -0.05) is 163 Å². The van der Waals surface area contributed by atoms with Gasteiger partial charge in [0.15, 0.2) is 11.6 Å². The highest BCUT2D eigenvalue weighted by atomic mass is 32.2. The number of rotatable bonds is 5. The Labute approximate surface area is 377 Å². The highest BCUT2D eigenvalue weighted by Crippen LogP contribution is 2.51. The smallest absolute Gasteiger partial charge is 0.238 e. The summed E-state index contributed by atoms with van der Waals surface area (Å²) < 4.78 is 4.67. The predicted molar refractivity (Wildman–Crippen MR) is 269 cm³/mol. The van der Waals surface area contributed by atoms with Crippen molar-refractivity contribution in [2.24, 2.45) is 0 Å². The van der Waals surface area contributed by atoms with Gasteiger partial charge in [-0.15, -0.1) is 0 Å². The number of para-hydroxylation sites is 1. The molecule has 10 aromatic carbocycles. The molecule has 0 saturated heterocycles. The summed E-state index contributed by atoms with van der Waals surface area (Å²) in [6, 6.07) is 76.2. The fraction of sp³-hybridized carbons (Fsp3) is 0. The van der Waals surface area contributed by atoms with Gasteiger partial charge in [-0.2, -0.15) is 9.97 Å². The number of nitrogens with zero attached hydrogens (tertiary/aromatic N) is 5. The summed E-state index contributed by atoms with van der Waals surface area (Å²) in [5.41, 5.74) is 12.2. The van der Waals surface area contributed by atoms with Crippen molar-refractivity contribution in [3.8, 4) is 56.7 Å². The minimum atomic E-state index is 0.577. The van der Waals surface area contributed by atoms with Crippen LogP contribution in [0.4, 0.5) is 0 Å². The molecule has 0 amide bonds. The number of hydrogen-bond acceptors (Lipinski definition) is 4. The molecule has 0 fully saturated rings. The van der Waals surface area contributed by atoms with Crippen molar-refractivity contribution in [3.05, 3.63) is 212 Å². The minimum Gasteiger partial charge on any atom is -0.309 e. The standard InChI is InChI=1S/C59H35N5S/c1-4-16-37(17-5-1)57-60-58(38-18-6-2-7-19-38)62-59(61-57)64-49-31-29-40(34-47(49)55-44-24-14-26-53-56(44)45(35-51(55)64)43-23-12-13-25-52(43)65-53)39-28-30-48-46(33-39)54-42-22-11-10-15-36(42)27-32-50(54)63(48)41-20-8-3-9-21-41/h1-35H. The number of aromatic nitrogens is 5. The Kier molecular flexibility index (Phi) is 7.85. The number of fused-ring (bicyclic) bond motifs is 11. The lowest BCUT2D eigenvalue weighted by Crippen LogP contribution is -2.06.